The molecule has 0 saturated carbocycles. The molecule has 4 heteroatoms. The zero-order valence-electron chi connectivity index (χ0n) is 16.7. The lowest BCUT2D eigenvalue weighted by molar-refractivity contribution is 0.303. The van der Waals surface area contributed by atoms with Crippen molar-refractivity contribution in [3.8, 4) is 11.3 Å². The van der Waals surface area contributed by atoms with Gasteiger partial charge < -0.3 is 10.2 Å². The first kappa shape index (κ1) is 18.6. The van der Waals surface area contributed by atoms with Crippen molar-refractivity contribution in [1.29, 1.82) is 0 Å². The highest BCUT2D eigenvalue weighted by molar-refractivity contribution is 5.81. The number of aromatic nitrogens is 2. The molecule has 0 aliphatic heterocycles. The summed E-state index contributed by atoms with van der Waals surface area (Å²) in [4.78, 5) is 11.7. The summed E-state index contributed by atoms with van der Waals surface area (Å²) >= 11 is 0. The lowest BCUT2D eigenvalue weighted by Crippen LogP contribution is -2.25. The quantitative estimate of drug-likeness (QED) is 0.452. The normalized spacial score (nSPS) is 14.8. The summed E-state index contributed by atoms with van der Waals surface area (Å²) in [5.41, 5.74) is 6.09. The monoisotopic (exact) mass is 372 g/mol. The Balaban J connectivity index is 1.64. The standard InChI is InChI=1S/C24H28N4/c1-3-28(4-2)16-10-15-25-24-22-21(18-11-6-5-7-12-18)19-13-8-9-14-20(19)23(22)26-17-27-24/h5-9,11-14,17,21H,3-4,10,15-16H2,1-2H3,(H,25,26,27). The SMILES string of the molecule is CCN(CC)CCCNc1ncnc2c1C(c1ccccc1)c1ccccc1-2. The van der Waals surface area contributed by atoms with E-state index in [0.29, 0.717) is 0 Å². The Morgan fingerprint density at radius 1 is 0.929 bits per heavy atom. The maximum atomic E-state index is 4.66. The van der Waals surface area contributed by atoms with Crippen LogP contribution in [0.1, 0.15) is 42.9 Å². The van der Waals surface area contributed by atoms with E-state index in [2.05, 4.69) is 88.6 Å². The van der Waals surface area contributed by atoms with Crippen molar-refractivity contribution in [2.75, 3.05) is 31.5 Å². The van der Waals surface area contributed by atoms with E-state index in [4.69, 9.17) is 0 Å². The minimum Gasteiger partial charge on any atom is -0.370 e. The van der Waals surface area contributed by atoms with E-state index in [1.807, 2.05) is 0 Å². The third-order valence-electron chi connectivity index (χ3n) is 5.67. The van der Waals surface area contributed by atoms with Crippen LogP contribution in [0.4, 0.5) is 5.82 Å². The molecule has 144 valence electrons. The molecular weight excluding hydrogens is 344 g/mol. The number of benzene rings is 2. The molecule has 0 saturated heterocycles. The third kappa shape index (κ3) is 3.52. The number of hydrogen-bond acceptors (Lipinski definition) is 4. The van der Waals surface area contributed by atoms with Crippen LogP contribution in [0.5, 0.6) is 0 Å². The Morgan fingerprint density at radius 2 is 1.68 bits per heavy atom. The van der Waals surface area contributed by atoms with Crippen LogP contribution in [-0.4, -0.2) is 41.0 Å². The number of nitrogens with zero attached hydrogens (tertiary/aromatic N) is 3. The van der Waals surface area contributed by atoms with Gasteiger partial charge in [-0.2, -0.15) is 0 Å². The van der Waals surface area contributed by atoms with Gasteiger partial charge in [-0.15, -0.1) is 0 Å². The maximum absolute atomic E-state index is 4.66. The van der Waals surface area contributed by atoms with Gasteiger partial charge in [0.25, 0.3) is 0 Å². The Kier molecular flexibility index (Phi) is 5.68. The van der Waals surface area contributed by atoms with Crippen molar-refractivity contribution in [3.05, 3.63) is 77.6 Å². The van der Waals surface area contributed by atoms with Crippen LogP contribution in [-0.2, 0) is 0 Å². The average molecular weight is 373 g/mol. The van der Waals surface area contributed by atoms with Crippen molar-refractivity contribution in [2.24, 2.45) is 0 Å². The second-order valence-electron chi connectivity index (χ2n) is 7.22. The second kappa shape index (κ2) is 8.53. The molecule has 2 aromatic carbocycles. The summed E-state index contributed by atoms with van der Waals surface area (Å²) in [6.07, 6.45) is 2.79. The summed E-state index contributed by atoms with van der Waals surface area (Å²) in [5.74, 6) is 1.15. The van der Waals surface area contributed by atoms with Crippen molar-refractivity contribution in [3.63, 3.8) is 0 Å². The molecule has 4 nitrogen and oxygen atoms in total. The zero-order chi connectivity index (χ0) is 19.3. The molecule has 1 unspecified atom stereocenters. The topological polar surface area (TPSA) is 41.0 Å². The summed E-state index contributed by atoms with van der Waals surface area (Å²) in [6, 6.07) is 19.3. The molecule has 1 aliphatic rings. The van der Waals surface area contributed by atoms with Gasteiger partial charge in [0.2, 0.25) is 0 Å². The van der Waals surface area contributed by atoms with E-state index in [0.717, 1.165) is 44.1 Å². The highest BCUT2D eigenvalue weighted by Gasteiger charge is 2.33. The molecule has 0 bridgehead atoms. The fraction of sp³-hybridized carbons (Fsp3) is 0.333. The number of nitrogens with one attached hydrogen (secondary N) is 1. The summed E-state index contributed by atoms with van der Waals surface area (Å²) in [6.45, 7) is 8.66. The maximum Gasteiger partial charge on any atom is 0.134 e. The minimum absolute atomic E-state index is 0.180. The second-order valence-corrected chi connectivity index (χ2v) is 7.22. The van der Waals surface area contributed by atoms with E-state index in [1.54, 1.807) is 6.33 Å². The molecule has 28 heavy (non-hydrogen) atoms. The molecule has 1 N–H and O–H groups in total. The van der Waals surface area contributed by atoms with E-state index < -0.39 is 0 Å². The van der Waals surface area contributed by atoms with E-state index >= 15 is 0 Å². The molecule has 0 fully saturated rings. The summed E-state index contributed by atoms with van der Waals surface area (Å²) in [5, 5.41) is 3.61. The van der Waals surface area contributed by atoms with E-state index in [9.17, 15) is 0 Å². The van der Waals surface area contributed by atoms with Crippen LogP contribution in [0.3, 0.4) is 0 Å². The number of anilines is 1. The first-order valence-electron chi connectivity index (χ1n) is 10.3. The number of fused-ring (bicyclic) bond motifs is 3. The fourth-order valence-electron chi connectivity index (χ4n) is 4.19. The molecule has 0 spiro atoms. The Labute approximate surface area is 167 Å². The Hall–Kier alpha value is -2.72. The fourth-order valence-corrected chi connectivity index (χ4v) is 4.19. The van der Waals surface area contributed by atoms with Crippen LogP contribution in [0.25, 0.3) is 11.3 Å². The molecule has 1 atom stereocenters. The number of rotatable bonds is 8. The molecule has 1 aliphatic carbocycles. The van der Waals surface area contributed by atoms with E-state index in [-0.39, 0.29) is 5.92 Å². The predicted molar refractivity (Wildman–Crippen MR) is 116 cm³/mol. The Bertz CT molecular complexity index is 919. The Morgan fingerprint density at radius 3 is 2.46 bits per heavy atom. The predicted octanol–water partition coefficient (Wildman–Crippen LogP) is 4.78. The van der Waals surface area contributed by atoms with Gasteiger partial charge in [0, 0.05) is 23.6 Å². The van der Waals surface area contributed by atoms with Crippen LogP contribution in [0, 0.1) is 0 Å². The van der Waals surface area contributed by atoms with Crippen molar-refractivity contribution < 1.29 is 0 Å². The lowest BCUT2D eigenvalue weighted by atomic mass is 9.90. The highest BCUT2D eigenvalue weighted by atomic mass is 15.1. The molecule has 1 aromatic heterocycles. The molecule has 0 amide bonds. The molecule has 1 heterocycles. The lowest BCUT2D eigenvalue weighted by Gasteiger charge is -2.19. The van der Waals surface area contributed by atoms with Crippen LogP contribution in [0.2, 0.25) is 0 Å². The zero-order valence-corrected chi connectivity index (χ0v) is 16.7. The van der Waals surface area contributed by atoms with Gasteiger partial charge in [0.05, 0.1) is 5.69 Å². The molecule has 0 radical (unpaired) electrons. The van der Waals surface area contributed by atoms with Gasteiger partial charge in [-0.1, -0.05) is 68.4 Å². The van der Waals surface area contributed by atoms with Gasteiger partial charge >= 0.3 is 0 Å². The van der Waals surface area contributed by atoms with Gasteiger partial charge in [0.1, 0.15) is 12.1 Å². The third-order valence-corrected chi connectivity index (χ3v) is 5.67. The van der Waals surface area contributed by atoms with E-state index in [1.165, 1.54) is 22.3 Å². The highest BCUT2D eigenvalue weighted by Crippen LogP contribution is 2.49. The summed E-state index contributed by atoms with van der Waals surface area (Å²) in [7, 11) is 0. The van der Waals surface area contributed by atoms with Gasteiger partial charge in [-0.25, -0.2) is 9.97 Å². The molecular formula is C24H28N4. The minimum atomic E-state index is 0.180. The van der Waals surface area contributed by atoms with Crippen molar-refractivity contribution in [1.82, 2.24) is 14.9 Å². The van der Waals surface area contributed by atoms with Crippen LogP contribution < -0.4 is 5.32 Å². The number of hydrogen-bond donors (Lipinski definition) is 1. The first-order chi connectivity index (χ1) is 13.8. The smallest absolute Gasteiger partial charge is 0.134 e. The average Bonchev–Trinajstić information content (AvgIpc) is 3.10. The van der Waals surface area contributed by atoms with Crippen LogP contribution in [0.15, 0.2) is 60.9 Å². The molecule has 4 rings (SSSR count). The van der Waals surface area contributed by atoms with Crippen molar-refractivity contribution in [2.45, 2.75) is 26.2 Å². The van der Waals surface area contributed by atoms with Crippen LogP contribution >= 0.6 is 0 Å². The first-order valence-corrected chi connectivity index (χ1v) is 10.3. The molecule has 3 aromatic rings. The van der Waals surface area contributed by atoms with Crippen molar-refractivity contribution >= 4 is 5.82 Å². The summed E-state index contributed by atoms with van der Waals surface area (Å²) < 4.78 is 0. The van der Waals surface area contributed by atoms with Gasteiger partial charge in [-0.05, 0) is 37.2 Å². The van der Waals surface area contributed by atoms with Gasteiger partial charge in [-0.3, -0.25) is 0 Å². The van der Waals surface area contributed by atoms with Gasteiger partial charge in [0.15, 0.2) is 0 Å². The largest absolute Gasteiger partial charge is 0.370 e.